The highest BCUT2D eigenvalue weighted by Crippen LogP contribution is 2.55. The fourth-order valence-electron chi connectivity index (χ4n) is 6.40. The van der Waals surface area contributed by atoms with Crippen LogP contribution in [0.4, 0.5) is 0 Å². The number of hydrogen-bond donors (Lipinski definition) is 0. The molecule has 2 aromatic carbocycles. The fourth-order valence-corrected chi connectivity index (χ4v) is 12.4. The molecule has 1 heterocycles. The van der Waals surface area contributed by atoms with Crippen molar-refractivity contribution in [1.29, 1.82) is 0 Å². The van der Waals surface area contributed by atoms with Crippen molar-refractivity contribution < 1.29 is 8.42 Å². The van der Waals surface area contributed by atoms with E-state index in [1.54, 1.807) is 3.97 Å². The number of imidazole rings is 1. The largest absolute Gasteiger partial charge is 0.270 e. The minimum absolute atomic E-state index is 0.449. The second kappa shape index (κ2) is 9.74. The Balaban J connectivity index is 1.75. The van der Waals surface area contributed by atoms with Crippen LogP contribution in [0.15, 0.2) is 41.3 Å². The summed E-state index contributed by atoms with van der Waals surface area (Å²) < 4.78 is 30.7. The fraction of sp³-hybridized carbons (Fsp3) is 0.536. The minimum Gasteiger partial charge on any atom is -0.228 e. The van der Waals surface area contributed by atoms with E-state index in [0.29, 0.717) is 16.2 Å². The number of aromatic nitrogens is 2. The molecule has 5 rings (SSSR count). The molecule has 2 fully saturated rings. The van der Waals surface area contributed by atoms with Gasteiger partial charge < -0.3 is 0 Å². The highest BCUT2D eigenvalue weighted by molar-refractivity contribution is 7.91. The first-order valence-corrected chi connectivity index (χ1v) is 15.9. The molecule has 6 heteroatoms. The summed E-state index contributed by atoms with van der Waals surface area (Å²) in [6.07, 6.45) is 12.5. The van der Waals surface area contributed by atoms with Gasteiger partial charge in [-0.25, -0.2) is 17.4 Å². The van der Waals surface area contributed by atoms with Gasteiger partial charge in [0.15, 0.2) is 0 Å². The van der Waals surface area contributed by atoms with Crippen LogP contribution in [-0.2, 0) is 10.0 Å². The SMILES string of the molecule is Cc1cc(C)c(S(=O)(=O)n2c(P(C3CCCCC3)C3CCCCC3)nc3ccccc32)c(C)c1. The van der Waals surface area contributed by atoms with Crippen molar-refractivity contribution in [2.45, 2.75) is 101 Å². The van der Waals surface area contributed by atoms with E-state index in [9.17, 15) is 8.42 Å². The third kappa shape index (κ3) is 4.35. The second-order valence-corrected chi connectivity index (χ2v) is 14.8. The van der Waals surface area contributed by atoms with Gasteiger partial charge in [0.05, 0.1) is 15.9 Å². The first-order valence-electron chi connectivity index (χ1n) is 13.0. The third-order valence-corrected chi connectivity index (χ3v) is 13.3. The lowest BCUT2D eigenvalue weighted by molar-refractivity contribution is 0.486. The maximum Gasteiger partial charge on any atom is 0.270 e. The molecule has 3 aromatic rings. The molecule has 182 valence electrons. The second-order valence-electron chi connectivity index (χ2n) is 10.4. The molecule has 0 unspecified atom stereocenters. The van der Waals surface area contributed by atoms with Crippen LogP contribution in [0.3, 0.4) is 0 Å². The van der Waals surface area contributed by atoms with Crippen molar-refractivity contribution in [2.24, 2.45) is 0 Å². The first kappa shape index (κ1) is 24.0. The first-order chi connectivity index (χ1) is 16.4. The molecule has 4 nitrogen and oxygen atoms in total. The van der Waals surface area contributed by atoms with E-state index in [-0.39, 0.29) is 0 Å². The average Bonchev–Trinajstić information content (AvgIpc) is 3.19. The molecule has 2 saturated carbocycles. The molecule has 0 bridgehead atoms. The van der Waals surface area contributed by atoms with Gasteiger partial charge in [-0.3, -0.25) is 0 Å². The van der Waals surface area contributed by atoms with Crippen LogP contribution in [0.25, 0.3) is 11.0 Å². The maximum atomic E-state index is 14.5. The van der Waals surface area contributed by atoms with Gasteiger partial charge in [-0.1, -0.05) is 68.4 Å². The lowest BCUT2D eigenvalue weighted by Gasteiger charge is -2.37. The molecule has 34 heavy (non-hydrogen) atoms. The lowest BCUT2D eigenvalue weighted by Crippen LogP contribution is -2.34. The Kier molecular flexibility index (Phi) is 6.88. The van der Waals surface area contributed by atoms with Gasteiger partial charge in [-0.15, -0.1) is 0 Å². The Hall–Kier alpha value is -1.71. The quantitative estimate of drug-likeness (QED) is 0.358. The van der Waals surface area contributed by atoms with Crippen LogP contribution < -0.4 is 5.57 Å². The van der Waals surface area contributed by atoms with Crippen molar-refractivity contribution in [3.63, 3.8) is 0 Å². The maximum absolute atomic E-state index is 14.5. The van der Waals surface area contributed by atoms with Gasteiger partial charge in [0, 0.05) is 0 Å². The summed E-state index contributed by atoms with van der Waals surface area (Å²) in [6.45, 7) is 5.88. The van der Waals surface area contributed by atoms with Crippen LogP contribution in [0.1, 0.15) is 80.9 Å². The monoisotopic (exact) mass is 496 g/mol. The Morgan fingerprint density at radius 3 is 1.91 bits per heavy atom. The summed E-state index contributed by atoms with van der Waals surface area (Å²) in [5, 5.41) is 0. The van der Waals surface area contributed by atoms with Gasteiger partial charge >= 0.3 is 0 Å². The zero-order valence-corrected chi connectivity index (χ0v) is 22.5. The Labute approximate surface area is 206 Å². The Bertz CT molecular complexity index is 1240. The van der Waals surface area contributed by atoms with E-state index < -0.39 is 17.9 Å². The van der Waals surface area contributed by atoms with Gasteiger partial charge in [-0.2, -0.15) is 0 Å². The molecule has 2 aliphatic rings. The van der Waals surface area contributed by atoms with Crippen molar-refractivity contribution >= 4 is 34.5 Å². The highest BCUT2D eigenvalue weighted by atomic mass is 32.2. The number of nitrogens with zero attached hydrogens (tertiary/aromatic N) is 2. The van der Waals surface area contributed by atoms with E-state index >= 15 is 0 Å². The van der Waals surface area contributed by atoms with Crippen LogP contribution in [0, 0.1) is 20.8 Å². The summed E-state index contributed by atoms with van der Waals surface area (Å²) in [5.74, 6) is 0. The average molecular weight is 497 g/mol. The van der Waals surface area contributed by atoms with E-state index in [1.165, 1.54) is 64.2 Å². The standard InChI is InChI=1S/C28H37N2O2PS/c1-20-18-21(2)27(22(3)19-20)34(31,32)30-26-17-11-10-16-25(26)29-28(30)33(23-12-6-4-7-13-23)24-14-8-5-9-15-24/h10-11,16-19,23-24H,4-9,12-15H2,1-3H3. The summed E-state index contributed by atoms with van der Waals surface area (Å²) in [4.78, 5) is 5.59. The Morgan fingerprint density at radius 1 is 0.824 bits per heavy atom. The van der Waals surface area contributed by atoms with Crippen LogP contribution >= 0.6 is 7.92 Å². The third-order valence-electron chi connectivity index (χ3n) is 7.77. The van der Waals surface area contributed by atoms with E-state index in [1.807, 2.05) is 57.2 Å². The van der Waals surface area contributed by atoms with E-state index in [0.717, 1.165) is 33.3 Å². The summed E-state index contributed by atoms with van der Waals surface area (Å²) >= 11 is 0. The van der Waals surface area contributed by atoms with Gasteiger partial charge in [-0.05, 0) is 89.0 Å². The van der Waals surface area contributed by atoms with Crippen molar-refractivity contribution in [3.05, 3.63) is 53.1 Å². The number of aryl methyl sites for hydroxylation is 3. The molecule has 0 N–H and O–H groups in total. The number of hydrogen-bond acceptors (Lipinski definition) is 3. The van der Waals surface area contributed by atoms with Crippen molar-refractivity contribution in [2.75, 3.05) is 0 Å². The van der Waals surface area contributed by atoms with Crippen LogP contribution in [-0.4, -0.2) is 28.7 Å². The molecule has 0 amide bonds. The smallest absolute Gasteiger partial charge is 0.228 e. The van der Waals surface area contributed by atoms with E-state index in [4.69, 9.17) is 4.98 Å². The predicted molar refractivity (Wildman–Crippen MR) is 143 cm³/mol. The molecule has 0 atom stereocenters. The lowest BCUT2D eigenvalue weighted by atomic mass is 9.99. The van der Waals surface area contributed by atoms with Crippen molar-refractivity contribution in [3.8, 4) is 0 Å². The summed E-state index contributed by atoms with van der Waals surface area (Å²) in [7, 11) is -4.45. The van der Waals surface area contributed by atoms with Gasteiger partial charge in [0.2, 0.25) is 0 Å². The topological polar surface area (TPSA) is 52.0 Å². The Morgan fingerprint density at radius 2 is 1.35 bits per heavy atom. The molecule has 2 aliphatic carbocycles. The zero-order valence-electron chi connectivity index (χ0n) is 20.8. The van der Waals surface area contributed by atoms with Gasteiger partial charge in [0.1, 0.15) is 5.57 Å². The summed E-state index contributed by atoms with van der Waals surface area (Å²) in [5.41, 5.74) is 6.29. The normalized spacial score (nSPS) is 18.7. The molecule has 0 aliphatic heterocycles. The van der Waals surface area contributed by atoms with Gasteiger partial charge in [0.25, 0.3) is 10.0 Å². The van der Waals surface area contributed by atoms with E-state index in [2.05, 4.69) is 0 Å². The highest BCUT2D eigenvalue weighted by Gasteiger charge is 2.38. The molecule has 0 radical (unpaired) electrons. The molecular formula is C28H37N2O2PS. The molecule has 1 aromatic heterocycles. The molecule has 0 spiro atoms. The number of fused-ring (bicyclic) bond motifs is 1. The number of benzene rings is 2. The minimum atomic E-state index is -3.78. The zero-order chi connectivity index (χ0) is 23.9. The number of para-hydroxylation sites is 2. The molecule has 0 saturated heterocycles. The summed E-state index contributed by atoms with van der Waals surface area (Å²) in [6, 6.07) is 11.8. The predicted octanol–water partition coefficient (Wildman–Crippen LogP) is 6.97. The van der Waals surface area contributed by atoms with Crippen LogP contribution in [0.2, 0.25) is 0 Å². The molecular weight excluding hydrogens is 459 g/mol. The van der Waals surface area contributed by atoms with Crippen molar-refractivity contribution in [1.82, 2.24) is 8.96 Å². The number of rotatable bonds is 5. The van der Waals surface area contributed by atoms with Crippen LogP contribution in [0.5, 0.6) is 0 Å².